The highest BCUT2D eigenvalue weighted by molar-refractivity contribution is 7.12. The van der Waals surface area contributed by atoms with E-state index in [0.29, 0.717) is 15.9 Å². The Hall–Kier alpha value is -0.650. The van der Waals surface area contributed by atoms with Gasteiger partial charge in [-0.25, -0.2) is 4.98 Å². The second kappa shape index (κ2) is 3.93. The number of amides is 1. The Bertz CT molecular complexity index is 456. The van der Waals surface area contributed by atoms with Crippen molar-refractivity contribution in [3.05, 3.63) is 15.5 Å². The molecule has 0 bridgehead atoms. The van der Waals surface area contributed by atoms with Crippen LogP contribution in [0.25, 0.3) is 0 Å². The Kier molecular flexibility index (Phi) is 2.65. The third-order valence-electron chi connectivity index (χ3n) is 3.93. The zero-order valence-corrected chi connectivity index (χ0v) is 10.8. The molecule has 0 radical (unpaired) electrons. The van der Waals surface area contributed by atoms with Crippen LogP contribution in [0.3, 0.4) is 0 Å². The fourth-order valence-corrected chi connectivity index (χ4v) is 3.86. The second-order valence-electron chi connectivity index (χ2n) is 4.86. The van der Waals surface area contributed by atoms with Crippen molar-refractivity contribution in [1.82, 2.24) is 9.88 Å². The van der Waals surface area contributed by atoms with Gasteiger partial charge in [-0.05, 0) is 25.2 Å². The largest absolute Gasteiger partial charge is 0.396 e. The monoisotopic (exact) mass is 272 g/mol. The first-order valence-corrected chi connectivity index (χ1v) is 6.94. The summed E-state index contributed by atoms with van der Waals surface area (Å²) in [7, 11) is 0. The highest BCUT2D eigenvalue weighted by atomic mass is 35.5. The van der Waals surface area contributed by atoms with E-state index in [0.717, 1.165) is 25.8 Å². The fourth-order valence-electron chi connectivity index (χ4n) is 2.92. The van der Waals surface area contributed by atoms with Crippen LogP contribution >= 0.6 is 22.9 Å². The minimum absolute atomic E-state index is 0.000129. The van der Waals surface area contributed by atoms with Gasteiger partial charge in [0, 0.05) is 18.7 Å². The van der Waals surface area contributed by atoms with Gasteiger partial charge in [-0.3, -0.25) is 4.79 Å². The summed E-state index contributed by atoms with van der Waals surface area (Å²) in [6.07, 6.45) is 2.89. The third-order valence-corrected chi connectivity index (χ3v) is 5.15. The molecule has 0 aromatic carbocycles. The highest BCUT2D eigenvalue weighted by Crippen LogP contribution is 2.51. The highest BCUT2D eigenvalue weighted by Gasteiger charge is 2.55. The lowest BCUT2D eigenvalue weighted by Crippen LogP contribution is -2.68. The summed E-state index contributed by atoms with van der Waals surface area (Å²) >= 11 is 7.18. The number of carbonyl (C=O) groups is 1. The second-order valence-corrected chi connectivity index (χ2v) is 6.07. The lowest BCUT2D eigenvalue weighted by Gasteiger charge is -2.61. The number of hydrogen-bond donors (Lipinski definition) is 1. The number of nitrogens with zero attached hydrogens (tertiary/aromatic N) is 2. The lowest BCUT2D eigenvalue weighted by atomic mass is 9.61. The average Bonchev–Trinajstić information content (AvgIpc) is 2.61. The molecular weight excluding hydrogens is 260 g/mol. The van der Waals surface area contributed by atoms with Gasteiger partial charge in [0.25, 0.3) is 5.91 Å². The molecule has 3 rings (SSSR count). The van der Waals surface area contributed by atoms with Gasteiger partial charge in [-0.15, -0.1) is 11.3 Å². The van der Waals surface area contributed by atoms with E-state index >= 15 is 0 Å². The van der Waals surface area contributed by atoms with Crippen LogP contribution in [-0.2, 0) is 0 Å². The number of thiazole rings is 1. The van der Waals surface area contributed by atoms with Crippen LogP contribution in [0.5, 0.6) is 0 Å². The van der Waals surface area contributed by atoms with Crippen LogP contribution in [0.15, 0.2) is 5.51 Å². The molecule has 1 aromatic rings. The minimum atomic E-state index is 0.000129. The predicted molar refractivity (Wildman–Crippen MR) is 65.3 cm³/mol. The molecule has 1 N–H and O–H groups in total. The van der Waals surface area contributed by atoms with Gasteiger partial charge >= 0.3 is 0 Å². The standard InChI is InChI=1S/C11H13ClN2O2S/c12-9-8(17-6-13-9)10(16)14-2-1-11(14)3-7(4-11)5-15/h6-7,15H,1-5H2. The Balaban J connectivity index is 1.74. The smallest absolute Gasteiger partial charge is 0.267 e. The number of aliphatic hydroxyl groups is 1. The number of halogens is 1. The molecule has 0 atom stereocenters. The molecule has 2 fully saturated rings. The number of rotatable bonds is 2. The summed E-state index contributed by atoms with van der Waals surface area (Å²) in [5.41, 5.74) is 1.61. The maximum atomic E-state index is 12.3. The Morgan fingerprint density at radius 1 is 1.71 bits per heavy atom. The molecule has 6 heteroatoms. The van der Waals surface area contributed by atoms with Crippen molar-refractivity contribution in [2.45, 2.75) is 24.8 Å². The number of carbonyl (C=O) groups excluding carboxylic acids is 1. The predicted octanol–water partition coefficient (Wildman–Crippen LogP) is 1.78. The van der Waals surface area contributed by atoms with Crippen molar-refractivity contribution in [3.63, 3.8) is 0 Å². The SMILES string of the molecule is O=C(c1scnc1Cl)N1CCC12CC(CO)C2. The number of aromatic nitrogens is 1. The summed E-state index contributed by atoms with van der Waals surface area (Å²) in [6, 6.07) is 0. The van der Waals surface area contributed by atoms with E-state index in [2.05, 4.69) is 4.98 Å². The third kappa shape index (κ3) is 1.60. The first kappa shape index (κ1) is 11.4. The van der Waals surface area contributed by atoms with Crippen molar-refractivity contribution in [1.29, 1.82) is 0 Å². The Labute approximate surface area is 108 Å². The first-order chi connectivity index (χ1) is 8.16. The van der Waals surface area contributed by atoms with Gasteiger partial charge in [-0.2, -0.15) is 0 Å². The molecule has 4 nitrogen and oxygen atoms in total. The van der Waals surface area contributed by atoms with E-state index in [4.69, 9.17) is 16.7 Å². The number of aliphatic hydroxyl groups excluding tert-OH is 1. The van der Waals surface area contributed by atoms with Gasteiger partial charge in [-0.1, -0.05) is 11.6 Å². The Morgan fingerprint density at radius 2 is 2.47 bits per heavy atom. The molecule has 1 spiro atoms. The summed E-state index contributed by atoms with van der Waals surface area (Å²) in [5.74, 6) is 0.364. The maximum absolute atomic E-state index is 12.3. The molecule has 1 saturated carbocycles. The van der Waals surface area contributed by atoms with Crippen LogP contribution < -0.4 is 0 Å². The average molecular weight is 273 g/mol. The van der Waals surface area contributed by atoms with Gasteiger partial charge in [0.1, 0.15) is 4.88 Å². The molecule has 1 aliphatic carbocycles. The summed E-state index contributed by atoms with van der Waals surface area (Å²) < 4.78 is 0. The van der Waals surface area contributed by atoms with E-state index < -0.39 is 0 Å². The minimum Gasteiger partial charge on any atom is -0.396 e. The molecule has 2 aliphatic rings. The topological polar surface area (TPSA) is 53.4 Å². The first-order valence-electron chi connectivity index (χ1n) is 5.68. The van der Waals surface area contributed by atoms with Crippen LogP contribution in [0.4, 0.5) is 0 Å². The van der Waals surface area contributed by atoms with Crippen LogP contribution in [0, 0.1) is 5.92 Å². The van der Waals surface area contributed by atoms with Crippen molar-refractivity contribution in [3.8, 4) is 0 Å². The van der Waals surface area contributed by atoms with Gasteiger partial charge < -0.3 is 10.0 Å². The summed E-state index contributed by atoms with van der Waals surface area (Å²) in [5, 5.41) is 9.36. The van der Waals surface area contributed by atoms with Crippen molar-refractivity contribution in [2.24, 2.45) is 5.92 Å². The quantitative estimate of drug-likeness (QED) is 0.893. The zero-order chi connectivity index (χ0) is 12.0. The molecule has 1 aromatic heterocycles. The van der Waals surface area contributed by atoms with Gasteiger partial charge in [0.2, 0.25) is 0 Å². The molecular formula is C11H13ClN2O2S. The normalized spacial score (nSPS) is 31.2. The van der Waals surface area contributed by atoms with E-state index in [9.17, 15) is 4.79 Å². The number of hydrogen-bond acceptors (Lipinski definition) is 4. The molecule has 92 valence electrons. The van der Waals surface area contributed by atoms with Crippen LogP contribution in [0.1, 0.15) is 28.9 Å². The van der Waals surface area contributed by atoms with E-state index in [-0.39, 0.29) is 18.1 Å². The maximum Gasteiger partial charge on any atom is 0.267 e. The van der Waals surface area contributed by atoms with E-state index in [1.807, 2.05) is 4.90 Å². The van der Waals surface area contributed by atoms with Crippen molar-refractivity contribution in [2.75, 3.05) is 13.2 Å². The molecule has 1 amide bonds. The van der Waals surface area contributed by atoms with E-state index in [1.54, 1.807) is 5.51 Å². The molecule has 2 heterocycles. The summed E-state index contributed by atoms with van der Waals surface area (Å²) in [4.78, 5) is 18.6. The van der Waals surface area contributed by atoms with Crippen LogP contribution in [0.2, 0.25) is 5.15 Å². The van der Waals surface area contributed by atoms with Crippen molar-refractivity contribution < 1.29 is 9.90 Å². The van der Waals surface area contributed by atoms with Gasteiger partial charge in [0.05, 0.1) is 5.51 Å². The van der Waals surface area contributed by atoms with Gasteiger partial charge in [0.15, 0.2) is 5.15 Å². The Morgan fingerprint density at radius 3 is 2.94 bits per heavy atom. The fraction of sp³-hybridized carbons (Fsp3) is 0.636. The molecule has 17 heavy (non-hydrogen) atoms. The zero-order valence-electron chi connectivity index (χ0n) is 9.23. The summed E-state index contributed by atoms with van der Waals surface area (Å²) in [6.45, 7) is 1.02. The van der Waals surface area contributed by atoms with Crippen molar-refractivity contribution >= 4 is 28.8 Å². The number of likely N-dealkylation sites (tertiary alicyclic amines) is 1. The lowest BCUT2D eigenvalue weighted by molar-refractivity contribution is -0.0902. The van der Waals surface area contributed by atoms with E-state index in [1.165, 1.54) is 11.3 Å². The molecule has 0 unspecified atom stereocenters. The van der Waals surface area contributed by atoms with Crippen LogP contribution in [-0.4, -0.2) is 39.6 Å². The molecule has 1 aliphatic heterocycles. The molecule has 1 saturated heterocycles.